The van der Waals surface area contributed by atoms with Crippen molar-refractivity contribution in [2.24, 2.45) is 0 Å². The van der Waals surface area contributed by atoms with Gasteiger partial charge in [-0.2, -0.15) is 0 Å². The first-order valence-corrected chi connectivity index (χ1v) is 10.1. The van der Waals surface area contributed by atoms with Gasteiger partial charge in [-0.05, 0) is 66.8 Å². The van der Waals surface area contributed by atoms with E-state index < -0.39 is 0 Å². The van der Waals surface area contributed by atoms with Crippen LogP contribution in [0, 0.1) is 6.92 Å². The summed E-state index contributed by atoms with van der Waals surface area (Å²) in [7, 11) is 1.71. The van der Waals surface area contributed by atoms with Gasteiger partial charge in [0.25, 0.3) is 5.91 Å². The average molecular weight is 387 g/mol. The maximum Gasteiger partial charge on any atom is 0.258 e. The van der Waals surface area contributed by atoms with Crippen LogP contribution in [0.5, 0.6) is 5.75 Å². The van der Waals surface area contributed by atoms with E-state index in [1.54, 1.807) is 13.4 Å². The fourth-order valence-electron chi connectivity index (χ4n) is 4.98. The van der Waals surface area contributed by atoms with Crippen LogP contribution in [0.25, 0.3) is 11.0 Å². The summed E-state index contributed by atoms with van der Waals surface area (Å²) in [6.07, 6.45) is 3.33. The number of aryl methyl sites for hydroxylation is 1. The van der Waals surface area contributed by atoms with Crippen LogP contribution < -0.4 is 4.74 Å². The summed E-state index contributed by atoms with van der Waals surface area (Å²) in [6, 6.07) is 10.1. The van der Waals surface area contributed by atoms with E-state index >= 15 is 0 Å². The van der Waals surface area contributed by atoms with Crippen LogP contribution in [0.15, 0.2) is 47.9 Å². The molecule has 29 heavy (non-hydrogen) atoms. The van der Waals surface area contributed by atoms with Gasteiger partial charge >= 0.3 is 0 Å². The fraction of sp³-hybridized carbons (Fsp3) is 0.333. The molecule has 1 aromatic heterocycles. The highest BCUT2D eigenvalue weighted by molar-refractivity contribution is 5.98. The van der Waals surface area contributed by atoms with E-state index in [4.69, 9.17) is 4.74 Å². The molecule has 148 valence electrons. The average Bonchev–Trinajstić information content (AvgIpc) is 3.18. The lowest BCUT2D eigenvalue weighted by Gasteiger charge is -2.47. The van der Waals surface area contributed by atoms with Crippen molar-refractivity contribution < 1.29 is 9.53 Å². The highest BCUT2D eigenvalue weighted by Gasteiger charge is 2.43. The Labute approximate surface area is 170 Å². The van der Waals surface area contributed by atoms with Crippen molar-refractivity contribution in [2.75, 3.05) is 13.7 Å². The molecule has 1 atom stereocenters. The van der Waals surface area contributed by atoms with E-state index in [9.17, 15) is 4.79 Å². The molecular weight excluding hydrogens is 362 g/mol. The quantitative estimate of drug-likeness (QED) is 0.704. The third-order valence-corrected chi connectivity index (χ3v) is 6.91. The minimum Gasteiger partial charge on any atom is -0.496 e. The summed E-state index contributed by atoms with van der Waals surface area (Å²) in [5.74, 6) is 0.966. The van der Waals surface area contributed by atoms with E-state index in [-0.39, 0.29) is 11.3 Å². The predicted octanol–water partition coefficient (Wildman–Crippen LogP) is 4.51. The zero-order valence-electron chi connectivity index (χ0n) is 17.3. The number of imidazole rings is 1. The standard InChI is InChI=1S/C24H25N3O2/c1-14-9-18-17(12-22(14)29-4)11-21-15(2)24(18,3)7-8-27(21)23(28)16-5-6-19-20(10-16)26-13-25-19/h5-6,9-10,12-13H,7-8,11H2,1-4H3,(H,25,26)/t24-/m0/s1. The Bertz CT molecular complexity index is 1190. The van der Waals surface area contributed by atoms with Crippen LogP contribution in [0.2, 0.25) is 0 Å². The number of nitrogens with one attached hydrogen (secondary N) is 1. The first-order chi connectivity index (χ1) is 13.9. The number of aromatic amines is 1. The second kappa shape index (κ2) is 6.21. The molecule has 1 aliphatic carbocycles. The summed E-state index contributed by atoms with van der Waals surface area (Å²) in [5.41, 5.74) is 8.65. The highest BCUT2D eigenvalue weighted by atomic mass is 16.5. The molecule has 2 bridgehead atoms. The van der Waals surface area contributed by atoms with E-state index in [1.807, 2.05) is 23.1 Å². The molecule has 2 aromatic carbocycles. The third kappa shape index (κ3) is 2.53. The SMILES string of the molecule is COc1cc2c(cc1C)[C@@]1(C)CCN(C(=O)c3ccc4nc[nH]c4c3)C(=C1C)C2. The molecule has 5 heteroatoms. The molecule has 0 saturated carbocycles. The van der Waals surface area contributed by atoms with Gasteiger partial charge in [-0.15, -0.1) is 0 Å². The van der Waals surface area contributed by atoms with Gasteiger partial charge < -0.3 is 14.6 Å². The number of hydrogen-bond donors (Lipinski definition) is 1. The smallest absolute Gasteiger partial charge is 0.258 e. The molecule has 0 saturated heterocycles. The molecule has 0 spiro atoms. The van der Waals surface area contributed by atoms with Crippen LogP contribution in [0.1, 0.15) is 47.3 Å². The first kappa shape index (κ1) is 18.0. The number of rotatable bonds is 2. The normalized spacial score (nSPS) is 20.8. The molecule has 1 N–H and O–H groups in total. The molecule has 0 fully saturated rings. The molecule has 2 heterocycles. The van der Waals surface area contributed by atoms with Crippen molar-refractivity contribution in [1.29, 1.82) is 0 Å². The molecule has 1 aliphatic heterocycles. The van der Waals surface area contributed by atoms with E-state index in [0.29, 0.717) is 5.56 Å². The number of carbonyl (C=O) groups excluding carboxylic acids is 1. The molecule has 5 rings (SSSR count). The highest BCUT2D eigenvalue weighted by Crippen LogP contribution is 2.49. The molecular formula is C24H25N3O2. The van der Waals surface area contributed by atoms with Crippen LogP contribution in [0.3, 0.4) is 0 Å². The molecule has 1 amide bonds. The lowest BCUT2D eigenvalue weighted by Crippen LogP contribution is -2.46. The number of nitrogens with zero attached hydrogens (tertiary/aromatic N) is 2. The Morgan fingerprint density at radius 3 is 2.86 bits per heavy atom. The number of fused-ring (bicyclic) bond motifs is 4. The van der Waals surface area contributed by atoms with Gasteiger partial charge in [-0.1, -0.05) is 13.0 Å². The number of methoxy groups -OCH3 is 1. The van der Waals surface area contributed by atoms with Crippen molar-refractivity contribution in [3.8, 4) is 5.75 Å². The summed E-state index contributed by atoms with van der Waals surface area (Å²) in [6.45, 7) is 7.33. The van der Waals surface area contributed by atoms with Gasteiger partial charge in [0.05, 0.1) is 24.5 Å². The number of benzene rings is 2. The summed E-state index contributed by atoms with van der Waals surface area (Å²) in [5, 5.41) is 0. The van der Waals surface area contributed by atoms with Crippen LogP contribution >= 0.6 is 0 Å². The van der Waals surface area contributed by atoms with Gasteiger partial charge in [0.1, 0.15) is 5.75 Å². The summed E-state index contributed by atoms with van der Waals surface area (Å²) in [4.78, 5) is 22.8. The topological polar surface area (TPSA) is 58.2 Å². The van der Waals surface area contributed by atoms with Crippen LogP contribution in [0.4, 0.5) is 0 Å². The van der Waals surface area contributed by atoms with Crippen molar-refractivity contribution in [3.05, 3.63) is 70.2 Å². The largest absolute Gasteiger partial charge is 0.496 e. The van der Waals surface area contributed by atoms with E-state index in [0.717, 1.165) is 47.4 Å². The zero-order chi connectivity index (χ0) is 20.3. The Morgan fingerprint density at radius 1 is 1.24 bits per heavy atom. The number of H-pyrrole nitrogens is 1. The lowest BCUT2D eigenvalue weighted by molar-refractivity contribution is 0.0772. The number of carbonyl (C=O) groups is 1. The molecule has 0 unspecified atom stereocenters. The Hall–Kier alpha value is -3.08. The van der Waals surface area contributed by atoms with Gasteiger partial charge in [0.15, 0.2) is 0 Å². The zero-order valence-corrected chi connectivity index (χ0v) is 17.3. The van der Waals surface area contributed by atoms with Gasteiger partial charge in [0.2, 0.25) is 0 Å². The Morgan fingerprint density at radius 2 is 2.07 bits per heavy atom. The second-order valence-electron chi connectivity index (χ2n) is 8.40. The van der Waals surface area contributed by atoms with Gasteiger partial charge in [-0.25, -0.2) is 4.98 Å². The van der Waals surface area contributed by atoms with Gasteiger partial charge in [0, 0.05) is 29.6 Å². The molecule has 3 aromatic rings. The van der Waals surface area contributed by atoms with Crippen LogP contribution in [-0.4, -0.2) is 34.4 Å². The summed E-state index contributed by atoms with van der Waals surface area (Å²) >= 11 is 0. The van der Waals surface area contributed by atoms with E-state index in [2.05, 4.69) is 42.9 Å². The maximum atomic E-state index is 13.4. The fourth-order valence-corrected chi connectivity index (χ4v) is 4.98. The second-order valence-corrected chi connectivity index (χ2v) is 8.40. The Kier molecular flexibility index (Phi) is 3.85. The monoisotopic (exact) mass is 387 g/mol. The first-order valence-electron chi connectivity index (χ1n) is 10.1. The molecule has 2 aliphatic rings. The number of hydrogen-bond acceptors (Lipinski definition) is 3. The van der Waals surface area contributed by atoms with Crippen molar-refractivity contribution >= 4 is 16.9 Å². The van der Waals surface area contributed by atoms with Crippen molar-refractivity contribution in [2.45, 2.75) is 39.0 Å². The molecule has 0 radical (unpaired) electrons. The number of ether oxygens (including phenoxy) is 1. The summed E-state index contributed by atoms with van der Waals surface area (Å²) < 4.78 is 5.56. The van der Waals surface area contributed by atoms with Gasteiger partial charge in [-0.3, -0.25) is 4.79 Å². The third-order valence-electron chi connectivity index (χ3n) is 6.91. The maximum absolute atomic E-state index is 13.4. The van der Waals surface area contributed by atoms with E-state index in [1.165, 1.54) is 16.7 Å². The number of amides is 1. The lowest BCUT2D eigenvalue weighted by atomic mass is 9.65. The minimum absolute atomic E-state index is 0.0376. The van der Waals surface area contributed by atoms with Crippen LogP contribution in [-0.2, 0) is 11.8 Å². The van der Waals surface area contributed by atoms with Crippen molar-refractivity contribution in [1.82, 2.24) is 14.9 Å². The number of allylic oxidation sites excluding steroid dienone is 2. The van der Waals surface area contributed by atoms with Crippen molar-refractivity contribution in [3.63, 3.8) is 0 Å². The predicted molar refractivity (Wildman–Crippen MR) is 113 cm³/mol. The number of aromatic nitrogens is 2. The Balaban J connectivity index is 1.57. The minimum atomic E-state index is -0.0376. The molecule has 5 nitrogen and oxygen atoms in total.